The molecule has 0 spiro atoms. The molecule has 1 aliphatic heterocycles. The highest BCUT2D eigenvalue weighted by Gasteiger charge is 2.27. The lowest BCUT2D eigenvalue weighted by atomic mass is 10.1. The predicted octanol–water partition coefficient (Wildman–Crippen LogP) is 1.76. The minimum atomic E-state index is 0.622. The molecule has 20 heavy (non-hydrogen) atoms. The lowest BCUT2D eigenvalue weighted by Crippen LogP contribution is -2.43. The molecule has 0 radical (unpaired) electrons. The smallest absolute Gasteiger partial charge is 0.181 e. The van der Waals surface area contributed by atoms with Gasteiger partial charge in [-0.15, -0.1) is 0 Å². The summed E-state index contributed by atoms with van der Waals surface area (Å²) in [5, 5.41) is 10.8. The number of nitrogens with one attached hydrogen (secondary N) is 2. The lowest BCUT2D eigenvalue weighted by Gasteiger charge is -2.29. The Morgan fingerprint density at radius 2 is 1.80 bits per heavy atom. The number of benzene rings is 1. The van der Waals surface area contributed by atoms with Crippen LogP contribution < -0.4 is 10.2 Å². The number of hydrogen-bond donors (Lipinski definition) is 2. The normalized spacial score (nSPS) is 19.3. The Hall–Kier alpha value is -1.88. The minimum Gasteiger partial charge on any atom is -0.369 e. The highest BCUT2D eigenvalue weighted by atomic mass is 15.2. The predicted molar refractivity (Wildman–Crippen MR) is 78.9 cm³/mol. The largest absolute Gasteiger partial charge is 0.369 e. The van der Waals surface area contributed by atoms with Gasteiger partial charge in [0.05, 0.1) is 0 Å². The summed E-state index contributed by atoms with van der Waals surface area (Å²) in [5.74, 6) is 2.49. The molecule has 1 aliphatic carbocycles. The van der Waals surface area contributed by atoms with Gasteiger partial charge >= 0.3 is 0 Å². The molecule has 104 valence electrons. The molecule has 5 heteroatoms. The molecule has 5 nitrogen and oxygen atoms in total. The Balaban J connectivity index is 1.53. The van der Waals surface area contributed by atoms with Gasteiger partial charge < -0.3 is 10.2 Å². The first-order valence-electron chi connectivity index (χ1n) is 7.38. The van der Waals surface area contributed by atoms with Gasteiger partial charge in [0, 0.05) is 43.3 Å². The Morgan fingerprint density at radius 3 is 2.50 bits per heavy atom. The molecular weight excluding hydrogens is 250 g/mol. The van der Waals surface area contributed by atoms with Gasteiger partial charge in [0.15, 0.2) is 5.82 Å². The minimum absolute atomic E-state index is 0.622. The van der Waals surface area contributed by atoms with Gasteiger partial charge in [-0.2, -0.15) is 5.10 Å². The molecule has 2 aromatic rings. The van der Waals surface area contributed by atoms with Crippen LogP contribution >= 0.6 is 0 Å². The molecule has 1 saturated carbocycles. The van der Waals surface area contributed by atoms with Crippen molar-refractivity contribution in [3.63, 3.8) is 0 Å². The number of piperazine rings is 1. The van der Waals surface area contributed by atoms with Crippen LogP contribution in [0.15, 0.2) is 24.3 Å². The number of anilines is 1. The third kappa shape index (κ3) is 2.29. The lowest BCUT2D eigenvalue weighted by molar-refractivity contribution is 0.589. The summed E-state index contributed by atoms with van der Waals surface area (Å²) in [4.78, 5) is 7.01. The van der Waals surface area contributed by atoms with Crippen molar-refractivity contribution < 1.29 is 0 Å². The summed E-state index contributed by atoms with van der Waals surface area (Å²) in [6, 6.07) is 8.59. The van der Waals surface area contributed by atoms with Crippen molar-refractivity contribution >= 4 is 5.69 Å². The molecule has 4 rings (SSSR count). The second-order valence-electron chi connectivity index (χ2n) is 5.60. The number of aromatic nitrogens is 3. The zero-order chi connectivity index (χ0) is 13.4. The van der Waals surface area contributed by atoms with E-state index in [1.807, 2.05) is 0 Å². The van der Waals surface area contributed by atoms with Gasteiger partial charge in [0.25, 0.3) is 0 Å². The highest BCUT2D eigenvalue weighted by Crippen LogP contribution is 2.38. The third-order valence-electron chi connectivity index (χ3n) is 4.07. The first kappa shape index (κ1) is 11.9. The van der Waals surface area contributed by atoms with Crippen LogP contribution in [0.2, 0.25) is 0 Å². The summed E-state index contributed by atoms with van der Waals surface area (Å²) < 4.78 is 0. The Kier molecular flexibility index (Phi) is 2.92. The van der Waals surface area contributed by atoms with E-state index >= 15 is 0 Å². The fourth-order valence-electron chi connectivity index (χ4n) is 2.69. The molecule has 2 fully saturated rings. The molecule has 2 aliphatic rings. The average molecular weight is 269 g/mol. The molecule has 0 unspecified atom stereocenters. The summed E-state index contributed by atoms with van der Waals surface area (Å²) in [6.07, 6.45) is 2.49. The van der Waals surface area contributed by atoms with E-state index in [0.717, 1.165) is 43.4 Å². The van der Waals surface area contributed by atoms with Crippen LogP contribution in [-0.4, -0.2) is 41.4 Å². The zero-order valence-corrected chi connectivity index (χ0v) is 11.5. The first-order chi connectivity index (χ1) is 9.90. The van der Waals surface area contributed by atoms with Crippen molar-refractivity contribution in [3.05, 3.63) is 30.1 Å². The monoisotopic (exact) mass is 269 g/mol. The van der Waals surface area contributed by atoms with Crippen LogP contribution in [0.3, 0.4) is 0 Å². The number of H-pyrrole nitrogens is 1. The molecule has 0 atom stereocenters. The fraction of sp³-hybridized carbons (Fsp3) is 0.467. The van der Waals surface area contributed by atoms with Crippen molar-refractivity contribution in [1.29, 1.82) is 0 Å². The highest BCUT2D eigenvalue weighted by molar-refractivity contribution is 5.60. The number of rotatable bonds is 3. The maximum atomic E-state index is 4.59. The fourth-order valence-corrected chi connectivity index (χ4v) is 2.69. The molecule has 1 aromatic carbocycles. The summed E-state index contributed by atoms with van der Waals surface area (Å²) in [6.45, 7) is 4.28. The van der Waals surface area contributed by atoms with E-state index in [2.05, 4.69) is 49.7 Å². The maximum absolute atomic E-state index is 4.59. The van der Waals surface area contributed by atoms with Crippen molar-refractivity contribution in [3.8, 4) is 11.4 Å². The van der Waals surface area contributed by atoms with Gasteiger partial charge in [0.1, 0.15) is 5.82 Å². The van der Waals surface area contributed by atoms with Gasteiger partial charge in [-0.3, -0.25) is 5.10 Å². The second kappa shape index (κ2) is 4.90. The van der Waals surface area contributed by atoms with Gasteiger partial charge in [-0.05, 0) is 37.1 Å². The molecule has 1 saturated heterocycles. The van der Waals surface area contributed by atoms with E-state index in [0.29, 0.717) is 5.92 Å². The Bertz CT molecular complexity index is 579. The number of hydrogen-bond acceptors (Lipinski definition) is 4. The van der Waals surface area contributed by atoms with Crippen LogP contribution in [0.5, 0.6) is 0 Å². The molecule has 2 N–H and O–H groups in total. The molecular formula is C15H19N5. The number of aromatic amines is 1. The van der Waals surface area contributed by atoms with Crippen LogP contribution in [0.25, 0.3) is 11.4 Å². The van der Waals surface area contributed by atoms with Crippen molar-refractivity contribution in [2.45, 2.75) is 18.8 Å². The van der Waals surface area contributed by atoms with Crippen molar-refractivity contribution in [2.75, 3.05) is 31.1 Å². The number of nitrogens with zero attached hydrogens (tertiary/aromatic N) is 3. The Morgan fingerprint density at radius 1 is 1.05 bits per heavy atom. The second-order valence-corrected chi connectivity index (χ2v) is 5.60. The van der Waals surface area contributed by atoms with E-state index in [-0.39, 0.29) is 0 Å². The van der Waals surface area contributed by atoms with E-state index in [9.17, 15) is 0 Å². The molecule has 0 bridgehead atoms. The maximum Gasteiger partial charge on any atom is 0.181 e. The molecule has 2 heterocycles. The summed E-state index contributed by atoms with van der Waals surface area (Å²) in [5.41, 5.74) is 2.38. The van der Waals surface area contributed by atoms with Crippen LogP contribution in [-0.2, 0) is 0 Å². The average Bonchev–Trinajstić information content (AvgIpc) is 3.26. The van der Waals surface area contributed by atoms with Crippen LogP contribution in [0.1, 0.15) is 24.6 Å². The third-order valence-corrected chi connectivity index (χ3v) is 4.07. The van der Waals surface area contributed by atoms with Crippen LogP contribution in [0, 0.1) is 0 Å². The molecule has 0 amide bonds. The SMILES string of the molecule is c1cc(N2CCNCC2)ccc1-c1n[nH]c(C2CC2)n1. The van der Waals surface area contributed by atoms with Crippen LogP contribution in [0.4, 0.5) is 5.69 Å². The van der Waals surface area contributed by atoms with Crippen molar-refractivity contribution in [1.82, 2.24) is 20.5 Å². The van der Waals surface area contributed by atoms with E-state index in [1.54, 1.807) is 0 Å². The van der Waals surface area contributed by atoms with E-state index < -0.39 is 0 Å². The summed E-state index contributed by atoms with van der Waals surface area (Å²) in [7, 11) is 0. The quantitative estimate of drug-likeness (QED) is 0.891. The van der Waals surface area contributed by atoms with Gasteiger partial charge in [0.2, 0.25) is 0 Å². The standard InChI is InChI=1S/C15H19N5/c1-2-11(1)14-17-15(19-18-14)12-3-5-13(6-4-12)20-9-7-16-8-10-20/h3-6,11,16H,1-2,7-10H2,(H,17,18,19). The Labute approximate surface area is 118 Å². The van der Waals surface area contributed by atoms with E-state index in [4.69, 9.17) is 0 Å². The van der Waals surface area contributed by atoms with Gasteiger partial charge in [-0.25, -0.2) is 4.98 Å². The zero-order valence-electron chi connectivity index (χ0n) is 11.5. The topological polar surface area (TPSA) is 56.8 Å². The van der Waals surface area contributed by atoms with Gasteiger partial charge in [-0.1, -0.05) is 0 Å². The van der Waals surface area contributed by atoms with Crippen molar-refractivity contribution in [2.24, 2.45) is 0 Å². The molecule has 1 aromatic heterocycles. The summed E-state index contributed by atoms with van der Waals surface area (Å²) >= 11 is 0. The van der Waals surface area contributed by atoms with E-state index in [1.165, 1.54) is 18.5 Å². The first-order valence-corrected chi connectivity index (χ1v) is 7.38.